The molecule has 1 aliphatic heterocycles. The molecule has 1 N–H and O–H groups in total. The summed E-state index contributed by atoms with van der Waals surface area (Å²) in [5.41, 5.74) is 0.388. The van der Waals surface area contributed by atoms with Crippen LogP contribution in [-0.4, -0.2) is 35.6 Å². The number of nitrogens with one attached hydrogen (secondary N) is 1. The molecule has 0 aromatic heterocycles. The summed E-state index contributed by atoms with van der Waals surface area (Å²) in [6, 6.07) is 1.58. The average Bonchev–Trinajstić information content (AvgIpc) is 2.70. The van der Waals surface area contributed by atoms with Crippen molar-refractivity contribution >= 4 is 0 Å². The Morgan fingerprint density at radius 1 is 1.11 bits per heavy atom. The van der Waals surface area contributed by atoms with E-state index < -0.39 is 0 Å². The molecule has 2 nitrogen and oxygen atoms in total. The van der Waals surface area contributed by atoms with Crippen molar-refractivity contribution in [3.63, 3.8) is 0 Å². The highest BCUT2D eigenvalue weighted by atomic mass is 15.3. The molecular weight excluding hydrogens is 232 g/mol. The van der Waals surface area contributed by atoms with Crippen LogP contribution in [0, 0.1) is 0 Å². The molecule has 0 aromatic rings. The van der Waals surface area contributed by atoms with Crippen molar-refractivity contribution in [2.45, 2.75) is 96.2 Å². The van der Waals surface area contributed by atoms with Crippen LogP contribution >= 0.6 is 0 Å². The Hall–Kier alpha value is -0.0800. The van der Waals surface area contributed by atoms with Gasteiger partial charge in [-0.15, -0.1) is 0 Å². The van der Waals surface area contributed by atoms with Gasteiger partial charge in [0.2, 0.25) is 0 Å². The first-order chi connectivity index (χ1) is 9.19. The van der Waals surface area contributed by atoms with E-state index in [9.17, 15) is 0 Å². The van der Waals surface area contributed by atoms with Crippen molar-refractivity contribution in [3.05, 3.63) is 0 Å². The third kappa shape index (κ3) is 3.72. The van der Waals surface area contributed by atoms with Crippen molar-refractivity contribution in [2.75, 3.05) is 13.1 Å². The lowest BCUT2D eigenvalue weighted by Gasteiger charge is -2.51. The minimum Gasteiger partial charge on any atom is -0.311 e. The van der Waals surface area contributed by atoms with E-state index in [-0.39, 0.29) is 0 Å². The summed E-state index contributed by atoms with van der Waals surface area (Å²) in [4.78, 5) is 2.90. The lowest BCUT2D eigenvalue weighted by molar-refractivity contribution is 0.00314. The number of hydrogen-bond acceptors (Lipinski definition) is 2. The molecule has 2 atom stereocenters. The Labute approximate surface area is 120 Å². The normalized spacial score (nSPS) is 35.2. The van der Waals surface area contributed by atoms with Gasteiger partial charge in [-0.1, -0.05) is 46.0 Å². The van der Waals surface area contributed by atoms with Gasteiger partial charge >= 0.3 is 0 Å². The van der Waals surface area contributed by atoms with E-state index in [1.807, 2.05) is 0 Å². The van der Waals surface area contributed by atoms with E-state index in [2.05, 4.69) is 31.0 Å². The van der Waals surface area contributed by atoms with Gasteiger partial charge in [-0.05, 0) is 32.6 Å². The largest absolute Gasteiger partial charge is 0.311 e. The van der Waals surface area contributed by atoms with Crippen LogP contribution in [0.4, 0.5) is 0 Å². The third-order valence-electron chi connectivity index (χ3n) is 5.55. The fraction of sp³-hybridized carbons (Fsp3) is 1.00. The topological polar surface area (TPSA) is 15.3 Å². The van der Waals surface area contributed by atoms with Crippen LogP contribution in [0.3, 0.4) is 0 Å². The second-order valence-corrected chi connectivity index (χ2v) is 7.01. The maximum Gasteiger partial charge on any atom is 0.0306 e. The fourth-order valence-electron chi connectivity index (χ4n) is 4.02. The highest BCUT2D eigenvalue weighted by Gasteiger charge is 2.39. The summed E-state index contributed by atoms with van der Waals surface area (Å²) in [6.45, 7) is 9.62. The predicted octanol–water partition coefficient (Wildman–Crippen LogP) is 3.95. The van der Waals surface area contributed by atoms with Crippen LogP contribution in [0.1, 0.15) is 78.6 Å². The summed E-state index contributed by atoms with van der Waals surface area (Å²) in [5.74, 6) is 0. The summed E-state index contributed by atoms with van der Waals surface area (Å²) >= 11 is 0. The van der Waals surface area contributed by atoms with Crippen molar-refractivity contribution < 1.29 is 0 Å². The van der Waals surface area contributed by atoms with Crippen molar-refractivity contribution in [3.8, 4) is 0 Å². The van der Waals surface area contributed by atoms with Crippen molar-refractivity contribution in [1.29, 1.82) is 0 Å². The van der Waals surface area contributed by atoms with Crippen LogP contribution in [0.2, 0.25) is 0 Å². The zero-order valence-corrected chi connectivity index (χ0v) is 13.4. The van der Waals surface area contributed by atoms with Gasteiger partial charge in [-0.2, -0.15) is 0 Å². The Morgan fingerprint density at radius 3 is 2.37 bits per heavy atom. The van der Waals surface area contributed by atoms with E-state index in [0.717, 1.165) is 12.1 Å². The van der Waals surface area contributed by atoms with Crippen molar-refractivity contribution in [1.82, 2.24) is 10.2 Å². The minimum absolute atomic E-state index is 0.388. The molecule has 2 fully saturated rings. The first-order valence-electron chi connectivity index (χ1n) is 8.69. The van der Waals surface area contributed by atoms with Crippen LogP contribution in [-0.2, 0) is 0 Å². The first-order valence-corrected chi connectivity index (χ1v) is 8.69. The second-order valence-electron chi connectivity index (χ2n) is 7.01. The number of hydrogen-bond donors (Lipinski definition) is 1. The van der Waals surface area contributed by atoms with Gasteiger partial charge < -0.3 is 5.32 Å². The molecule has 1 saturated carbocycles. The number of nitrogens with zero attached hydrogens (tertiary/aromatic N) is 1. The molecule has 0 amide bonds. The predicted molar refractivity (Wildman–Crippen MR) is 83.6 cm³/mol. The Balaban J connectivity index is 2.05. The van der Waals surface area contributed by atoms with Gasteiger partial charge in [0.1, 0.15) is 0 Å². The zero-order valence-electron chi connectivity index (χ0n) is 13.4. The van der Waals surface area contributed by atoms with Gasteiger partial charge in [0.25, 0.3) is 0 Å². The standard InChI is InChI=1S/C17H34N2/c1-4-10-15-13-19(17(3,5-2)14-18-15)16-11-8-6-7-9-12-16/h15-16,18H,4-14H2,1-3H3. The van der Waals surface area contributed by atoms with E-state index in [0.29, 0.717) is 5.54 Å². The molecular formula is C17H34N2. The lowest BCUT2D eigenvalue weighted by Crippen LogP contribution is -2.65. The highest BCUT2D eigenvalue weighted by Crippen LogP contribution is 2.32. The van der Waals surface area contributed by atoms with Gasteiger partial charge in [0.05, 0.1) is 0 Å². The summed E-state index contributed by atoms with van der Waals surface area (Å²) in [7, 11) is 0. The fourth-order valence-corrected chi connectivity index (χ4v) is 4.02. The SMILES string of the molecule is CCCC1CN(C2CCCCCC2)C(C)(CC)CN1. The molecule has 2 unspecified atom stereocenters. The summed E-state index contributed by atoms with van der Waals surface area (Å²) in [5, 5.41) is 3.80. The molecule has 1 heterocycles. The molecule has 0 aromatic carbocycles. The minimum atomic E-state index is 0.388. The van der Waals surface area contributed by atoms with Gasteiger partial charge in [0.15, 0.2) is 0 Å². The summed E-state index contributed by atoms with van der Waals surface area (Å²) in [6.07, 6.45) is 12.6. The van der Waals surface area contributed by atoms with Crippen LogP contribution in [0.15, 0.2) is 0 Å². The maximum absolute atomic E-state index is 3.80. The molecule has 1 saturated heterocycles. The second kappa shape index (κ2) is 7.08. The van der Waals surface area contributed by atoms with Crippen LogP contribution in [0.25, 0.3) is 0 Å². The molecule has 112 valence electrons. The highest BCUT2D eigenvalue weighted by molar-refractivity contribution is 4.98. The van der Waals surface area contributed by atoms with Gasteiger partial charge in [0, 0.05) is 30.7 Å². The van der Waals surface area contributed by atoms with E-state index in [1.54, 1.807) is 0 Å². The van der Waals surface area contributed by atoms with Crippen LogP contribution < -0.4 is 5.32 Å². The lowest BCUT2D eigenvalue weighted by atomic mass is 9.87. The molecule has 2 aliphatic rings. The van der Waals surface area contributed by atoms with Crippen LogP contribution in [0.5, 0.6) is 0 Å². The monoisotopic (exact) mass is 266 g/mol. The van der Waals surface area contributed by atoms with E-state index >= 15 is 0 Å². The van der Waals surface area contributed by atoms with E-state index in [4.69, 9.17) is 0 Å². The van der Waals surface area contributed by atoms with E-state index in [1.165, 1.54) is 70.9 Å². The Morgan fingerprint density at radius 2 is 1.79 bits per heavy atom. The van der Waals surface area contributed by atoms with Gasteiger partial charge in [-0.3, -0.25) is 4.90 Å². The molecule has 19 heavy (non-hydrogen) atoms. The Kier molecular flexibility index (Phi) is 5.70. The van der Waals surface area contributed by atoms with Crippen molar-refractivity contribution in [2.24, 2.45) is 0 Å². The molecule has 0 radical (unpaired) electrons. The maximum atomic E-state index is 3.80. The zero-order chi connectivity index (χ0) is 13.7. The molecule has 0 spiro atoms. The van der Waals surface area contributed by atoms with Gasteiger partial charge in [-0.25, -0.2) is 0 Å². The number of rotatable bonds is 4. The molecule has 1 aliphatic carbocycles. The Bertz CT molecular complexity index is 258. The quantitative estimate of drug-likeness (QED) is 0.775. The first kappa shape index (κ1) is 15.3. The number of piperazine rings is 1. The average molecular weight is 266 g/mol. The molecule has 2 rings (SSSR count). The third-order valence-corrected chi connectivity index (χ3v) is 5.55. The summed E-state index contributed by atoms with van der Waals surface area (Å²) < 4.78 is 0. The molecule has 2 heteroatoms. The molecule has 0 bridgehead atoms. The smallest absolute Gasteiger partial charge is 0.0306 e.